The fourth-order valence-electron chi connectivity index (χ4n) is 3.39. The highest BCUT2D eigenvalue weighted by atomic mass is 16.7. The minimum absolute atomic E-state index is 0.0434. The third-order valence-corrected chi connectivity index (χ3v) is 4.90. The number of nitrogens with zero attached hydrogens (tertiary/aromatic N) is 2. The van der Waals surface area contributed by atoms with E-state index in [1.165, 1.54) is 0 Å². The van der Waals surface area contributed by atoms with E-state index in [-0.39, 0.29) is 56.1 Å². The monoisotopic (exact) mass is 404 g/mol. The van der Waals surface area contributed by atoms with Crippen molar-refractivity contribution in [1.29, 1.82) is 0 Å². The molecule has 2 aliphatic rings. The number of allylic oxidation sites excluding steroid dienone is 1. The van der Waals surface area contributed by atoms with Crippen molar-refractivity contribution in [3.8, 4) is 0 Å². The molecule has 0 aliphatic carbocycles. The van der Waals surface area contributed by atoms with E-state index >= 15 is 0 Å². The van der Waals surface area contributed by atoms with Crippen molar-refractivity contribution in [1.82, 2.24) is 20.6 Å². The second-order valence-corrected chi connectivity index (χ2v) is 7.35. The van der Waals surface area contributed by atoms with E-state index in [0.29, 0.717) is 18.2 Å². The zero-order valence-electron chi connectivity index (χ0n) is 16.7. The molecule has 0 spiro atoms. The average Bonchev–Trinajstić information content (AvgIpc) is 3.24. The summed E-state index contributed by atoms with van der Waals surface area (Å²) in [4.78, 5) is 54.5. The molecule has 1 unspecified atom stereocenters. The van der Waals surface area contributed by atoms with Crippen molar-refractivity contribution in [3.05, 3.63) is 12.3 Å². The molecule has 0 saturated carbocycles. The quantitative estimate of drug-likeness (QED) is 0.427. The van der Waals surface area contributed by atoms with Crippen LogP contribution in [0.15, 0.2) is 12.3 Å². The number of hydroxylamine groups is 2. The average molecular weight is 404 g/mol. The zero-order chi connectivity index (χ0) is 20.7. The van der Waals surface area contributed by atoms with Crippen LogP contribution in [0.4, 0.5) is 0 Å². The zero-order valence-corrected chi connectivity index (χ0v) is 16.7. The van der Waals surface area contributed by atoms with Gasteiger partial charge in [-0.25, -0.2) is 4.79 Å². The second-order valence-electron chi connectivity index (χ2n) is 7.35. The number of amides is 3. The maximum Gasteiger partial charge on any atom is 0.334 e. The van der Waals surface area contributed by atoms with Gasteiger partial charge in [-0.15, -0.1) is 5.06 Å². The van der Waals surface area contributed by atoms with Gasteiger partial charge in [-0.1, -0.05) is 6.58 Å². The van der Waals surface area contributed by atoms with Gasteiger partial charge in [0.05, 0.1) is 18.2 Å². The van der Waals surface area contributed by atoms with Crippen molar-refractivity contribution >= 4 is 23.7 Å². The Balaban J connectivity index is 1.58. The maximum absolute atomic E-state index is 12.3. The van der Waals surface area contributed by atoms with Crippen LogP contribution in [0.25, 0.3) is 0 Å². The van der Waals surface area contributed by atoms with E-state index in [4.69, 9.17) is 4.84 Å². The third kappa shape index (κ3) is 6.05. The molecule has 9 heteroatoms. The lowest BCUT2D eigenvalue weighted by molar-refractivity contribution is -0.186. The Morgan fingerprint density at radius 3 is 2.54 bits per heavy atom. The van der Waals surface area contributed by atoms with Gasteiger partial charge in [-0.05, 0) is 39.7 Å². The molecule has 3 amide bonds. The molecule has 156 valence electrons. The normalized spacial score (nSPS) is 20.0. The number of carbonyl (C=O) groups excluding carboxylic acids is 4. The molecule has 2 heterocycles. The molecular formula is C19H30N4O5. The summed E-state index contributed by atoms with van der Waals surface area (Å²) in [6.45, 7) is 9.07. The lowest BCUT2D eigenvalue weighted by Crippen LogP contribution is -2.46. The van der Waals surface area contributed by atoms with Crippen LogP contribution in [0.1, 0.15) is 52.4 Å². The summed E-state index contributed by atoms with van der Waals surface area (Å²) in [5.74, 6) is -1.21. The van der Waals surface area contributed by atoms with Crippen molar-refractivity contribution < 1.29 is 24.0 Å². The Kier molecular flexibility index (Phi) is 7.98. The Morgan fingerprint density at radius 1 is 1.18 bits per heavy atom. The molecule has 2 saturated heterocycles. The summed E-state index contributed by atoms with van der Waals surface area (Å²) in [6, 6.07) is 0.190. The first-order valence-electron chi connectivity index (χ1n) is 9.81. The highest BCUT2D eigenvalue weighted by Crippen LogP contribution is 2.21. The van der Waals surface area contributed by atoms with Gasteiger partial charge in [0.1, 0.15) is 0 Å². The molecule has 28 heavy (non-hydrogen) atoms. The van der Waals surface area contributed by atoms with E-state index in [9.17, 15) is 19.2 Å². The van der Waals surface area contributed by atoms with Crippen LogP contribution in [0.2, 0.25) is 0 Å². The predicted molar refractivity (Wildman–Crippen MR) is 101 cm³/mol. The molecule has 9 nitrogen and oxygen atoms in total. The van der Waals surface area contributed by atoms with Crippen molar-refractivity contribution in [2.45, 2.75) is 64.5 Å². The van der Waals surface area contributed by atoms with E-state index in [1.807, 2.05) is 0 Å². The van der Waals surface area contributed by atoms with Crippen LogP contribution < -0.4 is 10.6 Å². The first-order valence-corrected chi connectivity index (χ1v) is 9.81. The fourth-order valence-corrected chi connectivity index (χ4v) is 3.39. The van der Waals surface area contributed by atoms with Crippen molar-refractivity contribution in [2.24, 2.45) is 0 Å². The topological polar surface area (TPSA) is 108 Å². The minimum Gasteiger partial charge on any atom is -0.355 e. The van der Waals surface area contributed by atoms with E-state index in [0.717, 1.165) is 24.4 Å². The van der Waals surface area contributed by atoms with E-state index in [1.54, 1.807) is 0 Å². The minimum atomic E-state index is -0.611. The summed E-state index contributed by atoms with van der Waals surface area (Å²) in [7, 11) is 0. The van der Waals surface area contributed by atoms with Gasteiger partial charge in [0.2, 0.25) is 11.8 Å². The summed E-state index contributed by atoms with van der Waals surface area (Å²) in [6.07, 6.45) is 2.68. The number of carbonyl (C=O) groups is 4. The van der Waals surface area contributed by atoms with Crippen LogP contribution in [0, 0.1) is 0 Å². The van der Waals surface area contributed by atoms with Gasteiger partial charge in [0, 0.05) is 32.0 Å². The Morgan fingerprint density at radius 2 is 1.89 bits per heavy atom. The molecule has 1 atom stereocenters. The van der Waals surface area contributed by atoms with E-state index < -0.39 is 5.97 Å². The fraction of sp³-hybridized carbons (Fsp3) is 0.684. The summed E-state index contributed by atoms with van der Waals surface area (Å²) in [5, 5.41) is 6.33. The van der Waals surface area contributed by atoms with E-state index in [2.05, 4.69) is 36.0 Å². The van der Waals surface area contributed by atoms with Gasteiger partial charge in [0.15, 0.2) is 0 Å². The summed E-state index contributed by atoms with van der Waals surface area (Å²) >= 11 is 0. The van der Waals surface area contributed by atoms with Crippen LogP contribution in [0.3, 0.4) is 0 Å². The largest absolute Gasteiger partial charge is 0.355 e. The number of nitrogens with one attached hydrogen (secondary N) is 2. The Hall–Kier alpha value is -2.42. The smallest absolute Gasteiger partial charge is 0.334 e. The van der Waals surface area contributed by atoms with Crippen LogP contribution in [-0.4, -0.2) is 65.4 Å². The Labute approximate surface area is 165 Å². The SMILES string of the molecule is C=C1CCC(=O)N1OC(=O)CC[15NH]C(=O)CC[15NH]C(=O)[13CH]1[13CH2][13CH2][13CH2][15N]1[13CH]([13CH3])[13CH3]. The molecule has 2 rings (SSSR count). The van der Waals surface area contributed by atoms with Crippen LogP contribution in [-0.2, 0) is 24.0 Å². The standard InChI is InChI=1S/C19H30N4O5/c1-13(2)22-12-4-5-15(22)19(27)21-10-8-16(24)20-11-9-18(26)28-23-14(3)6-7-17(23)25/h13,15H,3-12H2,1-2H3,(H,20,24)(H,21,27)/i1+1,2+1,4+1,5+1,12+1,13+1,15+1,20+1,21+1,22+1. The molecular weight excluding hydrogens is 374 g/mol. The molecule has 0 aromatic heterocycles. The molecule has 0 aromatic carbocycles. The van der Waals surface area contributed by atoms with Gasteiger partial charge in [0.25, 0.3) is 5.91 Å². The van der Waals surface area contributed by atoms with Crippen LogP contribution >= 0.6 is 0 Å². The molecule has 2 aliphatic heterocycles. The van der Waals surface area contributed by atoms with Gasteiger partial charge < -0.3 is 15.5 Å². The van der Waals surface area contributed by atoms with Crippen molar-refractivity contribution in [2.75, 3.05) is 19.6 Å². The number of likely N-dealkylation sites (tertiary alicyclic amines) is 1. The lowest BCUT2D eigenvalue weighted by atomic mass is 10.3. The number of rotatable bonds is 9. The lowest BCUT2D eigenvalue weighted by Gasteiger charge is -2.27. The molecule has 0 aromatic rings. The molecule has 2 fully saturated rings. The maximum atomic E-state index is 12.3. The van der Waals surface area contributed by atoms with Gasteiger partial charge in [-0.3, -0.25) is 19.3 Å². The van der Waals surface area contributed by atoms with Crippen LogP contribution in [0.5, 0.6) is 0 Å². The molecule has 0 bridgehead atoms. The first-order chi connectivity index (χ1) is 13.3. The number of hydrogen-bond acceptors (Lipinski definition) is 6. The van der Waals surface area contributed by atoms with Gasteiger partial charge >= 0.3 is 5.97 Å². The first kappa shape index (κ1) is 21.9. The van der Waals surface area contributed by atoms with Crippen molar-refractivity contribution in [3.63, 3.8) is 0 Å². The summed E-state index contributed by atoms with van der Waals surface area (Å²) in [5.41, 5.74) is 0.455. The van der Waals surface area contributed by atoms with Gasteiger partial charge in [-0.2, -0.15) is 0 Å². The second kappa shape index (κ2) is 10.2. The number of hydrogen-bond donors (Lipinski definition) is 2. The highest BCUT2D eigenvalue weighted by molar-refractivity contribution is 5.83. The Bertz CT molecular complexity index is 618. The molecule has 0 radical (unpaired) electrons. The third-order valence-electron chi connectivity index (χ3n) is 4.90. The highest BCUT2D eigenvalue weighted by Gasteiger charge is 2.32. The predicted octanol–water partition coefficient (Wildman–Crippen LogP) is 0.466. The molecule has 2 N–H and O–H groups in total. The summed E-state index contributed by atoms with van der Waals surface area (Å²) < 4.78 is 0.